The molecule has 3 N–H and O–H groups in total. The highest BCUT2D eigenvalue weighted by atomic mass is 79.9. The van der Waals surface area contributed by atoms with Crippen LogP contribution >= 0.6 is 15.9 Å². The summed E-state index contributed by atoms with van der Waals surface area (Å²) < 4.78 is 11.7. The lowest BCUT2D eigenvalue weighted by Crippen LogP contribution is -2.36. The Bertz CT molecular complexity index is 372. The highest BCUT2D eigenvalue weighted by molar-refractivity contribution is 9.10. The van der Waals surface area contributed by atoms with Gasteiger partial charge in [0.05, 0.1) is 4.47 Å². The number of nitrogens with two attached hydrogens (primary N) is 1. The van der Waals surface area contributed by atoms with Crippen molar-refractivity contribution >= 4 is 15.9 Å². The van der Waals surface area contributed by atoms with Gasteiger partial charge in [0.2, 0.25) is 6.29 Å². The van der Waals surface area contributed by atoms with E-state index in [4.69, 9.17) is 15.2 Å². The highest BCUT2D eigenvalue weighted by Gasteiger charge is 2.20. The fraction of sp³-hybridized carbons (Fsp3) is 0.455. The summed E-state index contributed by atoms with van der Waals surface area (Å²) in [4.78, 5) is 0. The first-order chi connectivity index (χ1) is 7.65. The monoisotopic (exact) mass is 287 g/mol. The Labute approximate surface area is 102 Å². The molecule has 1 fully saturated rings. The second-order valence-corrected chi connectivity index (χ2v) is 4.62. The minimum atomic E-state index is -0.291. The zero-order chi connectivity index (χ0) is 11.5. The van der Waals surface area contributed by atoms with E-state index in [1.165, 1.54) is 0 Å². The molecule has 1 aromatic carbocycles. The van der Waals surface area contributed by atoms with Crippen molar-refractivity contribution in [3.63, 3.8) is 0 Å². The van der Waals surface area contributed by atoms with Crippen LogP contribution in [-0.4, -0.2) is 17.6 Å². The third-order valence-electron chi connectivity index (χ3n) is 2.44. The first-order valence-electron chi connectivity index (χ1n) is 5.21. The van der Waals surface area contributed by atoms with Gasteiger partial charge in [-0.15, -0.1) is 0 Å². The van der Waals surface area contributed by atoms with Crippen LogP contribution in [0.3, 0.4) is 0 Å². The van der Waals surface area contributed by atoms with Gasteiger partial charge in [0.25, 0.3) is 0 Å². The number of rotatable bonds is 2. The third kappa shape index (κ3) is 2.87. The molecule has 1 aliphatic rings. The number of hydrogen-bond donors (Lipinski definition) is 2. The highest BCUT2D eigenvalue weighted by Crippen LogP contribution is 2.29. The summed E-state index contributed by atoms with van der Waals surface area (Å²) in [6.07, 6.45) is 2.19. The molecule has 4 nitrogen and oxygen atoms in total. The molecule has 0 aliphatic carbocycles. The van der Waals surface area contributed by atoms with Gasteiger partial charge in [-0.05, 0) is 47.0 Å². The van der Waals surface area contributed by atoms with Gasteiger partial charge in [-0.2, -0.15) is 0 Å². The molecular formula is C11H14BrNO3. The average Bonchev–Trinajstić information content (AvgIpc) is 2.24. The first kappa shape index (κ1) is 11.7. The maximum atomic E-state index is 9.34. The Hall–Kier alpha value is -0.780. The summed E-state index contributed by atoms with van der Waals surface area (Å²) in [5.41, 5.74) is 5.68. The Kier molecular flexibility index (Phi) is 3.68. The number of hydrogen-bond acceptors (Lipinski definition) is 4. The first-order valence-corrected chi connectivity index (χ1v) is 6.00. The summed E-state index contributed by atoms with van der Waals surface area (Å²) in [5, 5.41) is 9.34. The third-order valence-corrected chi connectivity index (χ3v) is 3.08. The van der Waals surface area contributed by atoms with Gasteiger partial charge in [-0.1, -0.05) is 0 Å². The van der Waals surface area contributed by atoms with E-state index in [2.05, 4.69) is 15.9 Å². The molecule has 2 atom stereocenters. The molecule has 0 spiro atoms. The van der Waals surface area contributed by atoms with Crippen LogP contribution in [0.25, 0.3) is 0 Å². The van der Waals surface area contributed by atoms with Gasteiger partial charge in [-0.3, -0.25) is 0 Å². The molecule has 0 aromatic heterocycles. The lowest BCUT2D eigenvalue weighted by molar-refractivity contribution is -0.145. The van der Waals surface area contributed by atoms with Crippen LogP contribution in [0, 0.1) is 0 Å². The molecule has 1 aromatic rings. The van der Waals surface area contributed by atoms with Crippen molar-refractivity contribution in [2.24, 2.45) is 5.73 Å². The van der Waals surface area contributed by atoms with Gasteiger partial charge < -0.3 is 20.3 Å². The standard InChI is InChI=1S/C11H14BrNO3/c12-8-6-7(4-5-9(8)14)15-11-3-1-2-10(13)16-11/h4-6,10-11,14H,1-3,13H2. The van der Waals surface area contributed by atoms with Crippen LogP contribution < -0.4 is 10.5 Å². The zero-order valence-electron chi connectivity index (χ0n) is 8.73. The molecule has 1 aliphatic heterocycles. The number of benzene rings is 1. The lowest BCUT2D eigenvalue weighted by atomic mass is 10.2. The molecule has 0 saturated carbocycles. The van der Waals surface area contributed by atoms with Gasteiger partial charge in [-0.25, -0.2) is 0 Å². The van der Waals surface area contributed by atoms with E-state index in [0.717, 1.165) is 19.3 Å². The summed E-state index contributed by atoms with van der Waals surface area (Å²) in [7, 11) is 0. The number of halogens is 1. The minimum Gasteiger partial charge on any atom is -0.507 e. The number of aromatic hydroxyl groups is 1. The molecule has 0 radical (unpaired) electrons. The Balaban J connectivity index is 2.00. The molecule has 5 heteroatoms. The fourth-order valence-electron chi connectivity index (χ4n) is 1.62. The van der Waals surface area contributed by atoms with Gasteiger partial charge >= 0.3 is 0 Å². The van der Waals surface area contributed by atoms with Crippen LogP contribution in [0.2, 0.25) is 0 Å². The van der Waals surface area contributed by atoms with Gasteiger partial charge in [0.15, 0.2) is 0 Å². The van der Waals surface area contributed by atoms with Crippen LogP contribution in [-0.2, 0) is 4.74 Å². The van der Waals surface area contributed by atoms with Crippen LogP contribution in [0.4, 0.5) is 0 Å². The van der Waals surface area contributed by atoms with E-state index in [9.17, 15) is 5.11 Å². The number of ether oxygens (including phenoxy) is 2. The molecule has 1 heterocycles. The second-order valence-electron chi connectivity index (χ2n) is 3.77. The van der Waals surface area contributed by atoms with Crippen molar-refractivity contribution in [2.75, 3.05) is 0 Å². The summed E-state index contributed by atoms with van der Waals surface area (Å²) in [6.45, 7) is 0. The number of phenols is 1. The molecule has 1 saturated heterocycles. The second kappa shape index (κ2) is 5.03. The smallest absolute Gasteiger partial charge is 0.201 e. The molecule has 16 heavy (non-hydrogen) atoms. The average molecular weight is 288 g/mol. The van der Waals surface area contributed by atoms with Crippen molar-refractivity contribution < 1.29 is 14.6 Å². The molecule has 0 bridgehead atoms. The quantitative estimate of drug-likeness (QED) is 0.876. The van der Waals surface area contributed by atoms with Crippen molar-refractivity contribution in [3.8, 4) is 11.5 Å². The van der Waals surface area contributed by atoms with Crippen LogP contribution in [0.15, 0.2) is 22.7 Å². The predicted octanol–water partition coefficient (Wildman–Crippen LogP) is 2.34. The van der Waals surface area contributed by atoms with Crippen molar-refractivity contribution in [2.45, 2.75) is 31.8 Å². The van der Waals surface area contributed by atoms with E-state index in [0.29, 0.717) is 10.2 Å². The Morgan fingerprint density at radius 3 is 2.94 bits per heavy atom. The van der Waals surface area contributed by atoms with E-state index in [1.807, 2.05) is 0 Å². The Morgan fingerprint density at radius 2 is 2.25 bits per heavy atom. The number of phenolic OH excluding ortho intramolecular Hbond substituents is 1. The van der Waals surface area contributed by atoms with E-state index in [-0.39, 0.29) is 18.3 Å². The normalized spacial score (nSPS) is 25.4. The van der Waals surface area contributed by atoms with Gasteiger partial charge in [0, 0.05) is 6.42 Å². The zero-order valence-corrected chi connectivity index (χ0v) is 10.3. The lowest BCUT2D eigenvalue weighted by Gasteiger charge is -2.27. The van der Waals surface area contributed by atoms with Crippen molar-refractivity contribution in [1.29, 1.82) is 0 Å². The summed E-state index contributed by atoms with van der Waals surface area (Å²) in [5.74, 6) is 0.845. The van der Waals surface area contributed by atoms with Crippen molar-refractivity contribution in [3.05, 3.63) is 22.7 Å². The van der Waals surface area contributed by atoms with E-state index < -0.39 is 0 Å². The molecule has 0 amide bonds. The SMILES string of the molecule is NC1CCCC(Oc2ccc(O)c(Br)c2)O1. The summed E-state index contributed by atoms with van der Waals surface area (Å²) in [6, 6.07) is 4.98. The minimum absolute atomic E-state index is 0.189. The predicted molar refractivity (Wildman–Crippen MR) is 63.1 cm³/mol. The molecule has 2 rings (SSSR count). The van der Waals surface area contributed by atoms with Gasteiger partial charge in [0.1, 0.15) is 17.7 Å². The molecule has 88 valence electrons. The van der Waals surface area contributed by atoms with Crippen molar-refractivity contribution in [1.82, 2.24) is 0 Å². The maximum absolute atomic E-state index is 9.34. The molecule has 2 unspecified atom stereocenters. The topological polar surface area (TPSA) is 64.7 Å². The van der Waals surface area contributed by atoms with Crippen LogP contribution in [0.1, 0.15) is 19.3 Å². The fourth-order valence-corrected chi connectivity index (χ4v) is 1.97. The summed E-state index contributed by atoms with van der Waals surface area (Å²) >= 11 is 3.23. The van der Waals surface area contributed by atoms with E-state index >= 15 is 0 Å². The maximum Gasteiger partial charge on any atom is 0.201 e. The molecular weight excluding hydrogens is 274 g/mol. The van der Waals surface area contributed by atoms with Crippen LogP contribution in [0.5, 0.6) is 11.5 Å². The largest absolute Gasteiger partial charge is 0.507 e. The van der Waals surface area contributed by atoms with E-state index in [1.54, 1.807) is 18.2 Å². The Morgan fingerprint density at radius 1 is 1.44 bits per heavy atom.